The third kappa shape index (κ3) is 3.78. The van der Waals surface area contributed by atoms with Crippen LogP contribution in [0.5, 0.6) is 5.75 Å². The summed E-state index contributed by atoms with van der Waals surface area (Å²) >= 11 is 0. The predicted octanol–water partition coefficient (Wildman–Crippen LogP) is 3.80. The van der Waals surface area contributed by atoms with E-state index in [0.717, 1.165) is 22.0 Å². The SMILES string of the molecule is COc1ccc2c(C)c(CCC(=O)N[C@@H](C)c3nc4ccccc4[nH]3)c(=O)oc2c1. The highest BCUT2D eigenvalue weighted by Gasteiger charge is 2.16. The van der Waals surface area contributed by atoms with Gasteiger partial charge in [0.15, 0.2) is 0 Å². The Morgan fingerprint density at radius 1 is 1.27 bits per heavy atom. The quantitative estimate of drug-likeness (QED) is 0.476. The molecule has 30 heavy (non-hydrogen) atoms. The van der Waals surface area contributed by atoms with Crippen molar-refractivity contribution in [1.82, 2.24) is 15.3 Å². The van der Waals surface area contributed by atoms with Gasteiger partial charge in [0.2, 0.25) is 5.91 Å². The van der Waals surface area contributed by atoms with E-state index >= 15 is 0 Å². The van der Waals surface area contributed by atoms with Gasteiger partial charge in [-0.2, -0.15) is 0 Å². The van der Waals surface area contributed by atoms with E-state index in [4.69, 9.17) is 9.15 Å². The van der Waals surface area contributed by atoms with Gasteiger partial charge in [-0.15, -0.1) is 0 Å². The number of carbonyl (C=O) groups is 1. The number of para-hydroxylation sites is 2. The Hall–Kier alpha value is -3.61. The van der Waals surface area contributed by atoms with Crippen molar-refractivity contribution >= 4 is 27.9 Å². The van der Waals surface area contributed by atoms with Crippen LogP contribution < -0.4 is 15.7 Å². The molecule has 0 aliphatic rings. The molecule has 0 aliphatic heterocycles. The highest BCUT2D eigenvalue weighted by molar-refractivity contribution is 5.83. The molecule has 0 fully saturated rings. The average Bonchev–Trinajstić information content (AvgIpc) is 3.17. The Morgan fingerprint density at radius 3 is 2.83 bits per heavy atom. The minimum absolute atomic E-state index is 0.156. The first-order valence-electron chi connectivity index (χ1n) is 9.80. The molecule has 0 saturated carbocycles. The second-order valence-electron chi connectivity index (χ2n) is 7.28. The number of imidazole rings is 1. The maximum Gasteiger partial charge on any atom is 0.339 e. The number of fused-ring (bicyclic) bond motifs is 2. The van der Waals surface area contributed by atoms with Crippen LogP contribution in [-0.4, -0.2) is 23.0 Å². The molecule has 0 unspecified atom stereocenters. The van der Waals surface area contributed by atoms with Crippen molar-refractivity contribution in [2.24, 2.45) is 0 Å². The molecule has 2 N–H and O–H groups in total. The summed E-state index contributed by atoms with van der Waals surface area (Å²) in [6.07, 6.45) is 0.479. The van der Waals surface area contributed by atoms with Crippen LogP contribution in [0.15, 0.2) is 51.7 Å². The Kier molecular flexibility index (Phi) is 5.27. The van der Waals surface area contributed by atoms with Crippen LogP contribution in [0.25, 0.3) is 22.0 Å². The summed E-state index contributed by atoms with van der Waals surface area (Å²) in [5.74, 6) is 1.16. The number of hydrogen-bond acceptors (Lipinski definition) is 5. The summed E-state index contributed by atoms with van der Waals surface area (Å²) in [7, 11) is 1.56. The molecule has 4 rings (SSSR count). The molecule has 2 aromatic heterocycles. The molecule has 0 radical (unpaired) electrons. The molecular formula is C23H23N3O4. The number of carbonyl (C=O) groups excluding carboxylic acids is 1. The minimum atomic E-state index is -0.425. The number of aryl methyl sites for hydroxylation is 1. The predicted molar refractivity (Wildman–Crippen MR) is 115 cm³/mol. The summed E-state index contributed by atoms with van der Waals surface area (Å²) in [6.45, 7) is 3.74. The van der Waals surface area contributed by atoms with Gasteiger partial charge in [-0.3, -0.25) is 4.79 Å². The molecule has 1 amide bonds. The van der Waals surface area contributed by atoms with Gasteiger partial charge in [-0.05, 0) is 50.1 Å². The molecule has 7 nitrogen and oxygen atoms in total. The van der Waals surface area contributed by atoms with E-state index < -0.39 is 5.63 Å². The highest BCUT2D eigenvalue weighted by atomic mass is 16.5. The lowest BCUT2D eigenvalue weighted by Gasteiger charge is -2.12. The maximum atomic E-state index is 12.5. The van der Waals surface area contributed by atoms with Crippen LogP contribution in [0, 0.1) is 6.92 Å². The zero-order chi connectivity index (χ0) is 21.3. The van der Waals surface area contributed by atoms with Crippen LogP contribution in [0.4, 0.5) is 0 Å². The summed E-state index contributed by atoms with van der Waals surface area (Å²) in [6, 6.07) is 12.8. The van der Waals surface area contributed by atoms with E-state index in [2.05, 4.69) is 15.3 Å². The molecule has 4 aromatic rings. The number of rotatable bonds is 6. The third-order valence-electron chi connectivity index (χ3n) is 5.29. The fraction of sp³-hybridized carbons (Fsp3) is 0.261. The van der Waals surface area contributed by atoms with Crippen molar-refractivity contribution in [3.8, 4) is 5.75 Å². The normalized spacial score (nSPS) is 12.2. The number of nitrogens with zero attached hydrogens (tertiary/aromatic N) is 1. The van der Waals surface area contributed by atoms with Crippen LogP contribution in [-0.2, 0) is 11.2 Å². The minimum Gasteiger partial charge on any atom is -0.497 e. The summed E-state index contributed by atoms with van der Waals surface area (Å²) in [5.41, 5.74) is 3.17. The van der Waals surface area contributed by atoms with Gasteiger partial charge in [-0.25, -0.2) is 9.78 Å². The van der Waals surface area contributed by atoms with Gasteiger partial charge in [-0.1, -0.05) is 12.1 Å². The lowest BCUT2D eigenvalue weighted by Crippen LogP contribution is -2.28. The molecule has 0 saturated heterocycles. The molecule has 2 aromatic carbocycles. The second-order valence-corrected chi connectivity index (χ2v) is 7.28. The van der Waals surface area contributed by atoms with Gasteiger partial charge >= 0.3 is 5.63 Å². The van der Waals surface area contributed by atoms with Gasteiger partial charge in [0, 0.05) is 23.4 Å². The lowest BCUT2D eigenvalue weighted by atomic mass is 10.0. The van der Waals surface area contributed by atoms with E-state index in [1.165, 1.54) is 0 Å². The standard InChI is InChI=1S/C23H23N3O4/c1-13-16-9-8-15(29-3)12-20(16)30-23(28)17(13)10-11-21(27)24-14(2)22-25-18-6-4-5-7-19(18)26-22/h4-9,12,14H,10-11H2,1-3H3,(H,24,27)(H,25,26)/t14-/m0/s1. The van der Waals surface area contributed by atoms with Crippen molar-refractivity contribution in [3.63, 3.8) is 0 Å². The first kappa shape index (κ1) is 19.7. The fourth-order valence-electron chi connectivity index (χ4n) is 3.59. The van der Waals surface area contributed by atoms with Crippen molar-refractivity contribution in [2.75, 3.05) is 7.11 Å². The van der Waals surface area contributed by atoms with Crippen molar-refractivity contribution in [2.45, 2.75) is 32.7 Å². The maximum absolute atomic E-state index is 12.5. The van der Waals surface area contributed by atoms with E-state index in [-0.39, 0.29) is 18.4 Å². The van der Waals surface area contributed by atoms with E-state index in [1.54, 1.807) is 13.2 Å². The first-order chi connectivity index (χ1) is 14.5. The summed E-state index contributed by atoms with van der Waals surface area (Å²) in [4.78, 5) is 32.7. The number of methoxy groups -OCH3 is 1. The number of aromatic amines is 1. The van der Waals surface area contributed by atoms with E-state index in [9.17, 15) is 9.59 Å². The van der Waals surface area contributed by atoms with Gasteiger partial charge in [0.25, 0.3) is 0 Å². The van der Waals surface area contributed by atoms with Crippen LogP contribution in [0.3, 0.4) is 0 Å². The average molecular weight is 405 g/mol. The molecule has 0 bridgehead atoms. The molecule has 0 spiro atoms. The molecule has 1 atom stereocenters. The number of ether oxygens (including phenoxy) is 1. The number of nitrogens with one attached hydrogen (secondary N) is 2. The molecule has 0 aliphatic carbocycles. The Balaban J connectivity index is 1.46. The second kappa shape index (κ2) is 8.02. The van der Waals surface area contributed by atoms with E-state index in [0.29, 0.717) is 29.1 Å². The summed E-state index contributed by atoms with van der Waals surface area (Å²) in [5, 5.41) is 3.77. The molecule has 2 heterocycles. The smallest absolute Gasteiger partial charge is 0.339 e. The number of H-pyrrole nitrogens is 1. The number of aromatic nitrogens is 2. The van der Waals surface area contributed by atoms with Crippen molar-refractivity contribution < 1.29 is 13.9 Å². The topological polar surface area (TPSA) is 97.2 Å². The molecule has 7 heteroatoms. The number of hydrogen-bond donors (Lipinski definition) is 2. The van der Waals surface area contributed by atoms with Crippen LogP contribution >= 0.6 is 0 Å². The van der Waals surface area contributed by atoms with Gasteiger partial charge in [0.05, 0.1) is 24.2 Å². The van der Waals surface area contributed by atoms with Gasteiger partial charge in [0.1, 0.15) is 17.2 Å². The van der Waals surface area contributed by atoms with Crippen molar-refractivity contribution in [3.05, 3.63) is 69.8 Å². The summed E-state index contributed by atoms with van der Waals surface area (Å²) < 4.78 is 10.6. The number of amides is 1. The fourth-order valence-corrected chi connectivity index (χ4v) is 3.59. The Morgan fingerprint density at radius 2 is 2.07 bits per heavy atom. The molecular weight excluding hydrogens is 382 g/mol. The lowest BCUT2D eigenvalue weighted by molar-refractivity contribution is -0.121. The monoisotopic (exact) mass is 405 g/mol. The molecule has 154 valence electrons. The van der Waals surface area contributed by atoms with Crippen molar-refractivity contribution in [1.29, 1.82) is 0 Å². The van der Waals surface area contributed by atoms with Crippen LogP contribution in [0.1, 0.15) is 36.3 Å². The zero-order valence-electron chi connectivity index (χ0n) is 17.1. The zero-order valence-corrected chi connectivity index (χ0v) is 17.1. The Bertz CT molecular complexity index is 1260. The first-order valence-corrected chi connectivity index (χ1v) is 9.80. The third-order valence-corrected chi connectivity index (χ3v) is 5.29. The van der Waals surface area contributed by atoms with Gasteiger partial charge < -0.3 is 19.5 Å². The largest absolute Gasteiger partial charge is 0.497 e. The highest BCUT2D eigenvalue weighted by Crippen LogP contribution is 2.24. The number of benzene rings is 2. The Labute approximate surface area is 173 Å². The van der Waals surface area contributed by atoms with Crippen LogP contribution in [0.2, 0.25) is 0 Å². The van der Waals surface area contributed by atoms with E-state index in [1.807, 2.05) is 50.2 Å².